The van der Waals surface area contributed by atoms with Crippen molar-refractivity contribution in [1.82, 2.24) is 34.7 Å². The molecule has 0 fully saturated rings. The predicted octanol–water partition coefficient (Wildman–Crippen LogP) is 4.07. The molecular formula is C34H49N13O3. The number of nitrogens with zero attached hydrogens (tertiary/aromatic N) is 6. The zero-order valence-corrected chi connectivity index (χ0v) is 29.5. The minimum absolute atomic E-state index is 0.311. The van der Waals surface area contributed by atoms with E-state index in [1.165, 1.54) is 6.92 Å². The first kappa shape index (κ1) is 37.5. The van der Waals surface area contributed by atoms with E-state index in [0.29, 0.717) is 45.9 Å². The number of aromatic amines is 2. The van der Waals surface area contributed by atoms with Crippen LogP contribution in [0, 0.1) is 0 Å². The van der Waals surface area contributed by atoms with Gasteiger partial charge < -0.3 is 41.0 Å². The number of fused-ring (bicyclic) bond motifs is 1. The fourth-order valence-electron chi connectivity index (χ4n) is 5.14. The Bertz CT molecular complexity index is 1740. The molecule has 50 heavy (non-hydrogen) atoms. The highest BCUT2D eigenvalue weighted by Crippen LogP contribution is 2.19. The zero-order valence-electron chi connectivity index (χ0n) is 29.5. The molecule has 0 atom stereocenters. The molecule has 4 rings (SSSR count). The maximum atomic E-state index is 12.9. The molecule has 16 heteroatoms. The van der Waals surface area contributed by atoms with Crippen molar-refractivity contribution >= 4 is 63.3 Å². The molecule has 0 saturated heterocycles. The van der Waals surface area contributed by atoms with Crippen molar-refractivity contribution in [3.63, 3.8) is 0 Å². The number of nitrogens with one attached hydrogen (secondary N) is 7. The first-order chi connectivity index (χ1) is 24.2. The Morgan fingerprint density at radius 2 is 1.24 bits per heavy atom. The minimum atomic E-state index is -0.690. The summed E-state index contributed by atoms with van der Waals surface area (Å²) in [5.74, 6) is 0.141. The van der Waals surface area contributed by atoms with Crippen LogP contribution in [0.3, 0.4) is 0 Å². The lowest BCUT2D eigenvalue weighted by atomic mass is 10.2. The lowest BCUT2D eigenvalue weighted by Gasteiger charge is -2.18. The van der Waals surface area contributed by atoms with Crippen molar-refractivity contribution in [3.05, 3.63) is 52.9 Å². The van der Waals surface area contributed by atoms with E-state index < -0.39 is 11.7 Å². The smallest absolute Gasteiger partial charge is 0.323 e. The lowest BCUT2D eigenvalue weighted by Crippen LogP contribution is -2.29. The highest BCUT2D eigenvalue weighted by molar-refractivity contribution is 6.67. The van der Waals surface area contributed by atoms with E-state index in [1.807, 2.05) is 0 Å². The van der Waals surface area contributed by atoms with E-state index in [4.69, 9.17) is 0 Å². The fraction of sp³-hybridized carbons (Fsp3) is 0.441. The van der Waals surface area contributed by atoms with Crippen LogP contribution >= 0.6 is 0 Å². The maximum absolute atomic E-state index is 12.9. The molecule has 0 spiro atoms. The maximum Gasteiger partial charge on any atom is 0.323 e. The van der Waals surface area contributed by atoms with Crippen molar-refractivity contribution in [2.75, 3.05) is 79.1 Å². The van der Waals surface area contributed by atoms with Gasteiger partial charge in [0.05, 0.1) is 16.7 Å². The van der Waals surface area contributed by atoms with Gasteiger partial charge in [-0.2, -0.15) is 20.1 Å². The Kier molecular flexibility index (Phi) is 14.2. The van der Waals surface area contributed by atoms with Crippen LogP contribution in [0.1, 0.15) is 47.5 Å². The molecule has 0 bridgehead atoms. The molecule has 0 aliphatic heterocycles. The zero-order chi connectivity index (χ0) is 35.9. The van der Waals surface area contributed by atoms with Crippen molar-refractivity contribution < 1.29 is 9.59 Å². The average Bonchev–Trinajstić information content (AvgIpc) is 3.48. The molecule has 16 nitrogen and oxygen atoms in total. The van der Waals surface area contributed by atoms with E-state index in [9.17, 15) is 14.4 Å². The van der Waals surface area contributed by atoms with E-state index in [1.54, 1.807) is 42.5 Å². The molecule has 0 radical (unpaired) electrons. The Labute approximate surface area is 292 Å². The number of H-pyrrole nitrogens is 2. The molecule has 2 heterocycles. The summed E-state index contributed by atoms with van der Waals surface area (Å²) in [6.07, 6.45) is 1.91. The van der Waals surface area contributed by atoms with Crippen LogP contribution in [0.5, 0.6) is 0 Å². The lowest BCUT2D eigenvalue weighted by molar-refractivity contribution is -0.114. The SMILES string of the molecule is CCN(CC)CCCNc1nc(NCCCN(CC)CC)nc(Nc2ccc(N/N=C(\C(C)=O)C(=O)Nc3ccc4[nH]c(=O)[nH]c4c3)cc2)n1. The highest BCUT2D eigenvalue weighted by atomic mass is 16.2. The van der Waals surface area contributed by atoms with E-state index in [2.05, 4.69) is 94.2 Å². The molecule has 2 aromatic carbocycles. The van der Waals surface area contributed by atoms with Crippen molar-refractivity contribution in [3.8, 4) is 0 Å². The van der Waals surface area contributed by atoms with Crippen LogP contribution in [0.2, 0.25) is 0 Å². The monoisotopic (exact) mass is 687 g/mol. The number of benzene rings is 2. The Hall–Kier alpha value is -5.35. The van der Waals surface area contributed by atoms with Crippen molar-refractivity contribution in [2.45, 2.75) is 47.5 Å². The van der Waals surface area contributed by atoms with Crippen molar-refractivity contribution in [1.29, 1.82) is 0 Å². The summed E-state index contributed by atoms with van der Waals surface area (Å²) in [6, 6.07) is 12.0. The van der Waals surface area contributed by atoms with Gasteiger partial charge in [0.15, 0.2) is 11.5 Å². The fourth-order valence-corrected chi connectivity index (χ4v) is 5.14. The van der Waals surface area contributed by atoms with Crippen LogP contribution in [-0.4, -0.2) is 104 Å². The van der Waals surface area contributed by atoms with Crippen LogP contribution in [0.15, 0.2) is 52.4 Å². The van der Waals surface area contributed by atoms with Crippen LogP contribution < -0.4 is 32.4 Å². The summed E-state index contributed by atoms with van der Waals surface area (Å²) in [7, 11) is 0. The van der Waals surface area contributed by atoms with Gasteiger partial charge in [-0.05, 0) is 94.6 Å². The third-order valence-electron chi connectivity index (χ3n) is 8.05. The van der Waals surface area contributed by atoms with E-state index >= 15 is 0 Å². The quantitative estimate of drug-likeness (QED) is 0.0287. The number of rotatable bonds is 21. The molecule has 7 N–H and O–H groups in total. The van der Waals surface area contributed by atoms with Gasteiger partial charge in [0.25, 0.3) is 5.91 Å². The summed E-state index contributed by atoms with van der Waals surface area (Å²) in [5, 5.41) is 16.7. The number of carbonyl (C=O) groups excluding carboxylic acids is 2. The number of aromatic nitrogens is 5. The molecule has 0 aliphatic rings. The third kappa shape index (κ3) is 11.4. The summed E-state index contributed by atoms with van der Waals surface area (Å²) < 4.78 is 0. The largest absolute Gasteiger partial charge is 0.354 e. The summed E-state index contributed by atoms with van der Waals surface area (Å²) in [4.78, 5) is 60.5. The first-order valence-corrected chi connectivity index (χ1v) is 17.1. The Balaban J connectivity index is 1.40. The second-order valence-corrected chi connectivity index (χ2v) is 11.5. The Morgan fingerprint density at radius 1 is 0.720 bits per heavy atom. The molecule has 1 amide bonds. The number of imidazole rings is 1. The molecule has 0 unspecified atom stereocenters. The summed E-state index contributed by atoms with van der Waals surface area (Å²) >= 11 is 0. The van der Waals surface area contributed by atoms with Gasteiger partial charge in [0, 0.05) is 31.4 Å². The molecule has 268 valence electrons. The number of amides is 1. The standard InChI is InChI=1S/C34H49N13O3/c1-6-46(7-2)20-10-18-35-31-41-32(36-19-11-21-47(8-3)9-4)43-33(42-31)38-24-12-14-25(15-13-24)44-45-29(23(5)48)30(49)37-26-16-17-27-28(22-26)40-34(50)39-27/h12-17,22,44H,6-11,18-21H2,1-5H3,(H,37,49)(H2,39,40,50)(H3,35,36,38,41,42,43)/b45-29+. The number of carbonyl (C=O) groups is 2. The van der Waals surface area contributed by atoms with Crippen LogP contribution in [0.25, 0.3) is 11.0 Å². The number of Topliss-reactive ketones (excluding diaryl/α,β-unsaturated/α-hetero) is 1. The molecule has 0 aliphatic carbocycles. The van der Waals surface area contributed by atoms with E-state index in [0.717, 1.165) is 65.2 Å². The van der Waals surface area contributed by atoms with Crippen LogP contribution in [-0.2, 0) is 9.59 Å². The van der Waals surface area contributed by atoms with Crippen LogP contribution in [0.4, 0.5) is 34.9 Å². The molecule has 0 saturated carbocycles. The number of hydrogen-bond acceptors (Lipinski definition) is 13. The molecular weight excluding hydrogens is 638 g/mol. The number of anilines is 6. The van der Waals surface area contributed by atoms with Crippen molar-refractivity contribution in [2.24, 2.45) is 5.10 Å². The van der Waals surface area contributed by atoms with Gasteiger partial charge in [-0.1, -0.05) is 27.7 Å². The number of hydrogen-bond donors (Lipinski definition) is 7. The number of hydrazone groups is 1. The van der Waals surface area contributed by atoms with Gasteiger partial charge in [-0.15, -0.1) is 0 Å². The minimum Gasteiger partial charge on any atom is -0.354 e. The van der Waals surface area contributed by atoms with E-state index in [-0.39, 0.29) is 11.4 Å². The average molecular weight is 688 g/mol. The predicted molar refractivity (Wildman–Crippen MR) is 201 cm³/mol. The number of ketones is 1. The summed E-state index contributed by atoms with van der Waals surface area (Å²) in [6.45, 7) is 17.4. The van der Waals surface area contributed by atoms with Gasteiger partial charge >= 0.3 is 5.69 Å². The Morgan fingerprint density at radius 3 is 1.80 bits per heavy atom. The van der Waals surface area contributed by atoms with Gasteiger partial charge in [0.2, 0.25) is 17.8 Å². The normalized spacial score (nSPS) is 11.6. The second kappa shape index (κ2) is 19.0. The van der Waals surface area contributed by atoms with Gasteiger partial charge in [-0.3, -0.25) is 15.0 Å². The first-order valence-electron chi connectivity index (χ1n) is 17.1. The summed E-state index contributed by atoms with van der Waals surface area (Å²) in [5.41, 5.74) is 4.90. The highest BCUT2D eigenvalue weighted by Gasteiger charge is 2.18. The van der Waals surface area contributed by atoms with Gasteiger partial charge in [-0.25, -0.2) is 4.79 Å². The van der Waals surface area contributed by atoms with Gasteiger partial charge in [0.1, 0.15) is 0 Å². The molecule has 2 aromatic heterocycles. The third-order valence-corrected chi connectivity index (χ3v) is 8.05. The molecule has 4 aromatic rings. The second-order valence-electron chi connectivity index (χ2n) is 11.5. The topological polar surface area (TPSA) is 200 Å².